The number of carboxylic acid groups (broad SMARTS) is 1. The fraction of sp³-hybridized carbons (Fsp3) is 0.759. The first-order chi connectivity index (χ1) is 18.3. The molecule has 10 nitrogen and oxygen atoms in total. The smallest absolute Gasteiger partial charge is 0.329 e. The highest BCUT2D eigenvalue weighted by atomic mass is 16.6. The Kier molecular flexibility index (Phi) is 12.6. The fourth-order valence-corrected chi connectivity index (χ4v) is 5.79. The Morgan fingerprint density at radius 2 is 1.92 bits per heavy atom. The first-order valence-electron chi connectivity index (χ1n) is 13.8. The molecule has 0 radical (unpaired) electrons. The van der Waals surface area contributed by atoms with Gasteiger partial charge in [0.25, 0.3) is 6.47 Å². The zero-order valence-electron chi connectivity index (χ0n) is 24.3. The molecule has 0 unspecified atom stereocenters. The third-order valence-electron chi connectivity index (χ3n) is 7.84. The molecule has 3 N–H and O–H groups in total. The summed E-state index contributed by atoms with van der Waals surface area (Å²) in [7, 11) is 1.61. The molecule has 0 bridgehead atoms. The Balaban J connectivity index is 1.89. The summed E-state index contributed by atoms with van der Waals surface area (Å²) in [4.78, 5) is 34.0. The van der Waals surface area contributed by atoms with E-state index in [0.717, 1.165) is 18.4 Å². The van der Waals surface area contributed by atoms with Gasteiger partial charge in [-0.25, -0.2) is 4.79 Å². The molecule has 222 valence electrons. The van der Waals surface area contributed by atoms with E-state index in [-0.39, 0.29) is 60.7 Å². The number of epoxide rings is 1. The van der Waals surface area contributed by atoms with E-state index in [1.54, 1.807) is 14.0 Å². The number of aliphatic carboxylic acids is 1. The minimum Gasteiger partial charge on any atom is -0.480 e. The van der Waals surface area contributed by atoms with Crippen LogP contribution in [0.3, 0.4) is 0 Å². The quantitative estimate of drug-likeness (QED) is 0.149. The summed E-state index contributed by atoms with van der Waals surface area (Å²) < 4.78 is 22.3. The van der Waals surface area contributed by atoms with Crippen molar-refractivity contribution in [1.82, 2.24) is 5.32 Å². The van der Waals surface area contributed by atoms with E-state index in [2.05, 4.69) is 43.8 Å². The topological polar surface area (TPSA) is 144 Å². The van der Waals surface area contributed by atoms with E-state index < -0.39 is 30.6 Å². The largest absolute Gasteiger partial charge is 0.480 e. The normalized spacial score (nSPS) is 31.1. The van der Waals surface area contributed by atoms with Crippen LogP contribution in [0.2, 0.25) is 0 Å². The van der Waals surface area contributed by atoms with Gasteiger partial charge in [0.2, 0.25) is 5.91 Å². The van der Waals surface area contributed by atoms with Crippen LogP contribution in [0.1, 0.15) is 67.2 Å². The van der Waals surface area contributed by atoms with Crippen molar-refractivity contribution in [2.24, 2.45) is 17.8 Å². The van der Waals surface area contributed by atoms with E-state index in [1.165, 1.54) is 0 Å². The van der Waals surface area contributed by atoms with Gasteiger partial charge in [-0.15, -0.1) is 0 Å². The Morgan fingerprint density at radius 1 is 1.23 bits per heavy atom. The SMILES string of the molecule is CO[C@H]([C@@H](C)[C@H]1O[C@]1(C)C[C@H](C)/C=C/C=C(\C)[C@H]1O[C@@H](CC(=O)N[C@@H](COC=O)C(=O)O)CC[C@@H]1C)[C@@H](C)O. The summed E-state index contributed by atoms with van der Waals surface area (Å²) in [6.45, 7) is 11.9. The van der Waals surface area contributed by atoms with Gasteiger partial charge in [0.05, 0.1) is 42.5 Å². The second-order valence-electron chi connectivity index (χ2n) is 11.5. The zero-order valence-corrected chi connectivity index (χ0v) is 24.3. The second-order valence-corrected chi connectivity index (χ2v) is 11.5. The van der Waals surface area contributed by atoms with Crippen molar-refractivity contribution in [1.29, 1.82) is 0 Å². The van der Waals surface area contributed by atoms with Crippen molar-refractivity contribution in [3.05, 3.63) is 23.8 Å². The predicted octanol–water partition coefficient (Wildman–Crippen LogP) is 3.02. The van der Waals surface area contributed by atoms with Crippen molar-refractivity contribution >= 4 is 18.3 Å². The first-order valence-corrected chi connectivity index (χ1v) is 13.8. The Labute approximate surface area is 232 Å². The number of amides is 1. The highest BCUT2D eigenvalue weighted by Crippen LogP contribution is 2.47. The van der Waals surface area contributed by atoms with Crippen LogP contribution in [-0.2, 0) is 33.3 Å². The second kappa shape index (κ2) is 14.9. The number of rotatable bonds is 16. The molecule has 10 atom stereocenters. The lowest BCUT2D eigenvalue weighted by Crippen LogP contribution is -2.46. The molecule has 2 aliphatic heterocycles. The van der Waals surface area contributed by atoms with Crippen LogP contribution in [0.25, 0.3) is 0 Å². The van der Waals surface area contributed by atoms with Crippen LogP contribution in [-0.4, -0.2) is 84.4 Å². The average Bonchev–Trinajstić information content (AvgIpc) is 3.52. The summed E-state index contributed by atoms with van der Waals surface area (Å²) >= 11 is 0. The molecule has 0 aliphatic carbocycles. The molecule has 39 heavy (non-hydrogen) atoms. The van der Waals surface area contributed by atoms with Gasteiger partial charge < -0.3 is 34.5 Å². The van der Waals surface area contributed by atoms with Gasteiger partial charge in [0.1, 0.15) is 6.61 Å². The van der Waals surface area contributed by atoms with Crippen LogP contribution in [0, 0.1) is 17.8 Å². The Morgan fingerprint density at radius 3 is 2.51 bits per heavy atom. The lowest BCUT2D eigenvalue weighted by molar-refractivity contribution is -0.146. The van der Waals surface area contributed by atoms with Gasteiger partial charge in [-0.2, -0.15) is 0 Å². The minimum atomic E-state index is -1.30. The predicted molar refractivity (Wildman–Crippen MR) is 145 cm³/mol. The number of nitrogens with one attached hydrogen (secondary N) is 1. The van der Waals surface area contributed by atoms with Crippen molar-refractivity contribution in [2.75, 3.05) is 13.7 Å². The molecule has 0 aromatic heterocycles. The van der Waals surface area contributed by atoms with Crippen molar-refractivity contribution in [2.45, 2.75) is 109 Å². The van der Waals surface area contributed by atoms with E-state index in [0.29, 0.717) is 6.42 Å². The van der Waals surface area contributed by atoms with Crippen LogP contribution in [0.5, 0.6) is 0 Å². The molecular weight excluding hydrogens is 506 g/mol. The van der Waals surface area contributed by atoms with Gasteiger partial charge in [-0.3, -0.25) is 9.59 Å². The number of hydrogen-bond donors (Lipinski definition) is 3. The highest BCUT2D eigenvalue weighted by molar-refractivity contribution is 5.83. The molecule has 2 saturated heterocycles. The van der Waals surface area contributed by atoms with E-state index in [1.807, 2.05) is 19.1 Å². The number of hydrogen-bond acceptors (Lipinski definition) is 8. The number of ether oxygens (including phenoxy) is 4. The number of carbonyl (C=O) groups is 3. The highest BCUT2D eigenvalue weighted by Gasteiger charge is 2.56. The van der Waals surface area contributed by atoms with Crippen molar-refractivity contribution < 1.29 is 43.5 Å². The van der Waals surface area contributed by atoms with Gasteiger partial charge in [-0.05, 0) is 57.4 Å². The summed E-state index contributed by atoms with van der Waals surface area (Å²) in [6, 6.07) is -1.30. The summed E-state index contributed by atoms with van der Waals surface area (Å²) in [5.41, 5.74) is 0.806. The van der Waals surface area contributed by atoms with Crippen molar-refractivity contribution in [3.8, 4) is 0 Å². The Bertz CT molecular complexity index is 888. The molecule has 0 aromatic rings. The molecule has 0 aromatic carbocycles. The molecule has 10 heteroatoms. The zero-order chi connectivity index (χ0) is 29.3. The van der Waals surface area contributed by atoms with E-state index >= 15 is 0 Å². The van der Waals surface area contributed by atoms with Gasteiger partial charge >= 0.3 is 5.97 Å². The summed E-state index contributed by atoms with van der Waals surface area (Å²) in [6.07, 6.45) is 7.42. The number of methoxy groups -OCH3 is 1. The standard InChI is InChI=1S/C29H47NO9/c1-17(14-29(6)27(39-29)20(4)26(36-7)21(5)32)9-8-10-18(2)25-19(3)11-12-22(38-25)13-24(33)30-23(28(34)35)15-37-16-31/h8-10,16-17,19-23,25-27,32H,11-15H2,1-7H3,(H,30,33)(H,34,35)/b9-8+,18-10+/t17-,19+,20-,21-,22-,23+,25-,26-,27-,29-/m1/s1. The van der Waals surface area contributed by atoms with Crippen LogP contribution < -0.4 is 5.32 Å². The minimum absolute atomic E-state index is 0.0331. The number of aliphatic hydroxyl groups is 1. The molecule has 0 spiro atoms. The summed E-state index contributed by atoms with van der Waals surface area (Å²) in [5, 5.41) is 21.6. The van der Waals surface area contributed by atoms with Gasteiger partial charge in [0.15, 0.2) is 6.04 Å². The van der Waals surface area contributed by atoms with Crippen LogP contribution in [0.15, 0.2) is 23.8 Å². The number of allylic oxidation sites excluding steroid dienone is 3. The third kappa shape index (κ3) is 9.70. The number of aliphatic hydroxyl groups excluding tert-OH is 1. The maximum absolute atomic E-state index is 12.4. The lowest BCUT2D eigenvalue weighted by Gasteiger charge is -2.35. The average molecular weight is 554 g/mol. The van der Waals surface area contributed by atoms with Crippen LogP contribution in [0.4, 0.5) is 0 Å². The monoisotopic (exact) mass is 553 g/mol. The number of carboxylic acids is 1. The molecule has 2 heterocycles. The van der Waals surface area contributed by atoms with E-state index in [9.17, 15) is 24.6 Å². The molecule has 2 aliphatic rings. The molecule has 0 saturated carbocycles. The first kappa shape index (κ1) is 32.9. The fourth-order valence-electron chi connectivity index (χ4n) is 5.79. The molecule has 1 amide bonds. The maximum Gasteiger partial charge on any atom is 0.329 e. The lowest BCUT2D eigenvalue weighted by atomic mass is 9.85. The van der Waals surface area contributed by atoms with Crippen molar-refractivity contribution in [3.63, 3.8) is 0 Å². The Hall–Kier alpha value is -2.27. The molecular formula is C29H47NO9. The van der Waals surface area contributed by atoms with E-state index in [4.69, 9.17) is 14.2 Å². The summed E-state index contributed by atoms with van der Waals surface area (Å²) in [5.74, 6) is -1.09. The van der Waals surface area contributed by atoms with Gasteiger partial charge in [-0.1, -0.05) is 39.0 Å². The molecule has 2 fully saturated rings. The molecule has 2 rings (SSSR count). The van der Waals surface area contributed by atoms with Crippen LogP contribution >= 0.6 is 0 Å². The van der Waals surface area contributed by atoms with Gasteiger partial charge in [0, 0.05) is 13.0 Å². The number of carbonyl (C=O) groups excluding carboxylic acids is 2. The third-order valence-corrected chi connectivity index (χ3v) is 7.84. The maximum atomic E-state index is 12.4.